The molecule has 0 N–H and O–H groups in total. The van der Waals surface area contributed by atoms with Crippen LogP contribution >= 0.6 is 0 Å². The highest BCUT2D eigenvalue weighted by molar-refractivity contribution is 5.74. The number of nitrogens with zero attached hydrogens (tertiary/aromatic N) is 1. The SMILES string of the molecule is CC(=O)N1CC(F)(F)CC1CC(C)C. The summed E-state index contributed by atoms with van der Waals surface area (Å²) in [4.78, 5) is 12.4. The average Bonchev–Trinajstić information content (AvgIpc) is 2.24. The maximum Gasteiger partial charge on any atom is 0.267 e. The highest BCUT2D eigenvalue weighted by Gasteiger charge is 2.45. The summed E-state index contributed by atoms with van der Waals surface area (Å²) in [5.74, 6) is -2.59. The number of rotatable bonds is 2. The lowest BCUT2D eigenvalue weighted by atomic mass is 10.0. The van der Waals surface area contributed by atoms with E-state index in [-0.39, 0.29) is 18.4 Å². The highest BCUT2D eigenvalue weighted by atomic mass is 19.3. The van der Waals surface area contributed by atoms with Crippen molar-refractivity contribution in [1.82, 2.24) is 4.90 Å². The van der Waals surface area contributed by atoms with E-state index in [4.69, 9.17) is 0 Å². The number of amides is 1. The molecule has 0 aromatic heterocycles. The van der Waals surface area contributed by atoms with E-state index in [0.29, 0.717) is 12.3 Å². The first kappa shape index (κ1) is 11.4. The fraction of sp³-hybridized carbons (Fsp3) is 0.900. The van der Waals surface area contributed by atoms with Crippen molar-refractivity contribution < 1.29 is 13.6 Å². The number of carbonyl (C=O) groups is 1. The van der Waals surface area contributed by atoms with E-state index in [1.807, 2.05) is 13.8 Å². The largest absolute Gasteiger partial charge is 0.334 e. The van der Waals surface area contributed by atoms with E-state index in [1.165, 1.54) is 11.8 Å². The minimum absolute atomic E-state index is 0.176. The fourth-order valence-corrected chi connectivity index (χ4v) is 2.02. The van der Waals surface area contributed by atoms with Gasteiger partial charge in [0.1, 0.15) is 0 Å². The number of alkyl halides is 2. The molecule has 0 bridgehead atoms. The van der Waals surface area contributed by atoms with Gasteiger partial charge in [-0.1, -0.05) is 13.8 Å². The molecule has 1 aliphatic rings. The molecule has 1 atom stereocenters. The molecular weight excluding hydrogens is 188 g/mol. The van der Waals surface area contributed by atoms with Crippen LogP contribution in [0.2, 0.25) is 0 Å². The Balaban J connectivity index is 2.67. The standard InChI is InChI=1S/C10H17F2NO/c1-7(2)4-9-5-10(11,12)6-13(9)8(3)14/h7,9H,4-6H2,1-3H3. The van der Waals surface area contributed by atoms with Gasteiger partial charge in [0.2, 0.25) is 5.91 Å². The fourth-order valence-electron chi connectivity index (χ4n) is 2.02. The minimum Gasteiger partial charge on any atom is -0.334 e. The van der Waals surface area contributed by atoms with Crippen LogP contribution in [-0.4, -0.2) is 29.3 Å². The smallest absolute Gasteiger partial charge is 0.267 e. The lowest BCUT2D eigenvalue weighted by Gasteiger charge is -2.23. The first-order valence-electron chi connectivity index (χ1n) is 4.97. The van der Waals surface area contributed by atoms with Crippen LogP contribution < -0.4 is 0 Å². The van der Waals surface area contributed by atoms with E-state index in [1.54, 1.807) is 0 Å². The van der Waals surface area contributed by atoms with Crippen molar-refractivity contribution in [2.75, 3.05) is 6.54 Å². The lowest BCUT2D eigenvalue weighted by Crippen LogP contribution is -2.35. The van der Waals surface area contributed by atoms with Crippen LogP contribution in [0.4, 0.5) is 8.78 Å². The molecule has 1 fully saturated rings. The van der Waals surface area contributed by atoms with Gasteiger partial charge < -0.3 is 4.90 Å². The van der Waals surface area contributed by atoms with Crippen molar-refractivity contribution in [3.63, 3.8) is 0 Å². The molecule has 82 valence electrons. The summed E-state index contributed by atoms with van der Waals surface area (Å²) in [6.07, 6.45) is 0.486. The van der Waals surface area contributed by atoms with Crippen LogP contribution in [0, 0.1) is 5.92 Å². The van der Waals surface area contributed by atoms with E-state index in [0.717, 1.165) is 0 Å². The molecule has 0 aromatic carbocycles. The molecule has 0 spiro atoms. The number of halogens is 2. The zero-order valence-electron chi connectivity index (χ0n) is 8.89. The second kappa shape index (κ2) is 3.83. The van der Waals surface area contributed by atoms with Crippen molar-refractivity contribution in [3.8, 4) is 0 Å². The third-order valence-electron chi connectivity index (χ3n) is 2.52. The van der Waals surface area contributed by atoms with Crippen LogP contribution in [0.25, 0.3) is 0 Å². The number of hydrogen-bond donors (Lipinski definition) is 0. The van der Waals surface area contributed by atoms with E-state index in [9.17, 15) is 13.6 Å². The Labute approximate surface area is 83.3 Å². The zero-order chi connectivity index (χ0) is 10.9. The Morgan fingerprint density at radius 1 is 1.57 bits per heavy atom. The van der Waals surface area contributed by atoms with Crippen molar-refractivity contribution >= 4 is 5.91 Å². The Morgan fingerprint density at radius 2 is 2.14 bits per heavy atom. The molecule has 0 saturated carbocycles. The van der Waals surface area contributed by atoms with Crippen molar-refractivity contribution in [3.05, 3.63) is 0 Å². The van der Waals surface area contributed by atoms with Gasteiger partial charge in [0.15, 0.2) is 0 Å². The summed E-state index contributed by atoms with van der Waals surface area (Å²) < 4.78 is 26.1. The third kappa shape index (κ3) is 2.66. The maximum absolute atomic E-state index is 13.1. The Hall–Kier alpha value is -0.670. The number of hydrogen-bond acceptors (Lipinski definition) is 1. The van der Waals surface area contributed by atoms with E-state index in [2.05, 4.69) is 0 Å². The quantitative estimate of drug-likeness (QED) is 0.677. The molecule has 0 radical (unpaired) electrons. The van der Waals surface area contributed by atoms with Crippen LogP contribution in [-0.2, 0) is 4.79 Å². The summed E-state index contributed by atoms with van der Waals surface area (Å²) in [5, 5.41) is 0. The molecule has 1 rings (SSSR count). The Morgan fingerprint density at radius 3 is 2.57 bits per heavy atom. The third-order valence-corrected chi connectivity index (χ3v) is 2.52. The van der Waals surface area contributed by atoms with Gasteiger partial charge in [-0.05, 0) is 12.3 Å². The summed E-state index contributed by atoms with van der Waals surface area (Å²) in [7, 11) is 0. The number of carbonyl (C=O) groups excluding carboxylic acids is 1. The Bertz CT molecular complexity index is 228. The van der Waals surface area contributed by atoms with Crippen LogP contribution in [0.15, 0.2) is 0 Å². The molecule has 14 heavy (non-hydrogen) atoms. The molecule has 1 heterocycles. The van der Waals surface area contributed by atoms with Crippen molar-refractivity contribution in [2.24, 2.45) is 5.92 Å². The summed E-state index contributed by atoms with van der Waals surface area (Å²) in [6, 6.07) is -0.275. The van der Waals surface area contributed by atoms with Gasteiger partial charge >= 0.3 is 0 Å². The topological polar surface area (TPSA) is 20.3 Å². The second-order valence-corrected chi connectivity index (χ2v) is 4.49. The molecular formula is C10H17F2NO. The molecule has 4 heteroatoms. The summed E-state index contributed by atoms with van der Waals surface area (Å²) in [5.41, 5.74) is 0. The van der Waals surface area contributed by atoms with E-state index < -0.39 is 12.5 Å². The maximum atomic E-state index is 13.1. The van der Waals surface area contributed by atoms with Crippen molar-refractivity contribution in [2.45, 2.75) is 45.6 Å². The van der Waals surface area contributed by atoms with Crippen molar-refractivity contribution in [1.29, 1.82) is 0 Å². The van der Waals surface area contributed by atoms with Crippen LogP contribution in [0.3, 0.4) is 0 Å². The number of likely N-dealkylation sites (tertiary alicyclic amines) is 1. The molecule has 1 unspecified atom stereocenters. The first-order chi connectivity index (χ1) is 6.32. The monoisotopic (exact) mass is 205 g/mol. The van der Waals surface area contributed by atoms with Crippen LogP contribution in [0.1, 0.15) is 33.6 Å². The zero-order valence-corrected chi connectivity index (χ0v) is 8.89. The molecule has 1 aliphatic heterocycles. The first-order valence-corrected chi connectivity index (χ1v) is 4.97. The van der Waals surface area contributed by atoms with Gasteiger partial charge in [-0.2, -0.15) is 0 Å². The highest BCUT2D eigenvalue weighted by Crippen LogP contribution is 2.34. The average molecular weight is 205 g/mol. The van der Waals surface area contributed by atoms with Gasteiger partial charge in [0, 0.05) is 19.4 Å². The second-order valence-electron chi connectivity index (χ2n) is 4.49. The normalized spacial score (nSPS) is 25.9. The summed E-state index contributed by atoms with van der Waals surface area (Å²) in [6.45, 7) is 4.91. The molecule has 0 aliphatic carbocycles. The molecule has 1 saturated heterocycles. The summed E-state index contributed by atoms with van der Waals surface area (Å²) >= 11 is 0. The van der Waals surface area contributed by atoms with E-state index >= 15 is 0 Å². The predicted octanol–water partition coefficient (Wildman–Crippen LogP) is 2.29. The predicted molar refractivity (Wildman–Crippen MR) is 50.2 cm³/mol. The van der Waals surface area contributed by atoms with Gasteiger partial charge in [0.05, 0.1) is 6.54 Å². The molecule has 1 amide bonds. The molecule has 0 aromatic rings. The lowest BCUT2D eigenvalue weighted by molar-refractivity contribution is -0.131. The van der Waals surface area contributed by atoms with Gasteiger partial charge in [-0.15, -0.1) is 0 Å². The van der Waals surface area contributed by atoms with Gasteiger partial charge in [-0.3, -0.25) is 4.79 Å². The molecule has 2 nitrogen and oxygen atoms in total. The Kier molecular flexibility index (Phi) is 3.12. The van der Waals surface area contributed by atoms with Gasteiger partial charge in [0.25, 0.3) is 5.92 Å². The van der Waals surface area contributed by atoms with Crippen LogP contribution in [0.5, 0.6) is 0 Å². The minimum atomic E-state index is -2.69. The van der Waals surface area contributed by atoms with Gasteiger partial charge in [-0.25, -0.2) is 8.78 Å².